The molecule has 0 spiro atoms. The molecular weight excluding hydrogens is 106 g/mol. The van der Waals surface area contributed by atoms with Gasteiger partial charge in [-0.2, -0.15) is 0 Å². The maximum atomic E-state index is 9.27. The lowest BCUT2D eigenvalue weighted by Gasteiger charge is -1.86. The Hall–Kier alpha value is -0.860. The summed E-state index contributed by atoms with van der Waals surface area (Å²) in [5.41, 5.74) is 0. The van der Waals surface area contributed by atoms with Crippen LogP contribution in [0.3, 0.4) is 0 Å². The standard InChI is InChI=1S/C5H9NO2/c1-2-3-4-5-8-6-7/h2-3H,4-5H2,1H3. The minimum absolute atomic E-state index is 0.383. The number of nitrogens with zero attached hydrogens (tertiary/aromatic N) is 1. The van der Waals surface area contributed by atoms with Crippen LogP contribution in [0.25, 0.3) is 0 Å². The summed E-state index contributed by atoms with van der Waals surface area (Å²) in [7, 11) is 0. The van der Waals surface area contributed by atoms with Crippen LogP contribution in [0.5, 0.6) is 0 Å². The number of rotatable bonds is 4. The summed E-state index contributed by atoms with van der Waals surface area (Å²) in [5, 5.41) is 2.22. The predicted molar refractivity (Wildman–Crippen MR) is 31.2 cm³/mol. The van der Waals surface area contributed by atoms with E-state index in [4.69, 9.17) is 0 Å². The van der Waals surface area contributed by atoms with Crippen molar-refractivity contribution in [2.24, 2.45) is 5.34 Å². The van der Waals surface area contributed by atoms with Crippen LogP contribution in [0, 0.1) is 4.91 Å². The minimum atomic E-state index is 0.383. The molecule has 0 atom stereocenters. The quantitative estimate of drug-likeness (QED) is 0.242. The lowest BCUT2D eigenvalue weighted by atomic mass is 10.4. The summed E-state index contributed by atoms with van der Waals surface area (Å²) in [5.74, 6) is 0. The van der Waals surface area contributed by atoms with E-state index in [1.807, 2.05) is 19.1 Å². The first-order valence-corrected chi connectivity index (χ1v) is 2.47. The van der Waals surface area contributed by atoms with Gasteiger partial charge in [-0.1, -0.05) is 12.2 Å². The molecule has 0 radical (unpaired) electrons. The fourth-order valence-corrected chi connectivity index (χ4v) is 0.325. The fourth-order valence-electron chi connectivity index (χ4n) is 0.325. The Kier molecular flexibility index (Phi) is 5.48. The van der Waals surface area contributed by atoms with Crippen LogP contribution in [0.1, 0.15) is 13.3 Å². The average Bonchev–Trinajstić information content (AvgIpc) is 1.81. The smallest absolute Gasteiger partial charge is 0.155 e. The summed E-state index contributed by atoms with van der Waals surface area (Å²) in [4.78, 5) is 13.4. The van der Waals surface area contributed by atoms with Crippen molar-refractivity contribution in [1.29, 1.82) is 0 Å². The molecule has 0 amide bonds. The third kappa shape index (κ3) is 5.14. The second kappa shape index (κ2) is 6.14. The molecule has 0 aromatic rings. The molecule has 46 valence electrons. The lowest BCUT2D eigenvalue weighted by molar-refractivity contribution is 0.144. The van der Waals surface area contributed by atoms with E-state index in [-0.39, 0.29) is 0 Å². The van der Waals surface area contributed by atoms with Crippen molar-refractivity contribution in [3.63, 3.8) is 0 Å². The van der Waals surface area contributed by atoms with Crippen LogP contribution in [-0.4, -0.2) is 6.61 Å². The molecule has 0 saturated heterocycles. The Morgan fingerprint density at radius 3 is 3.00 bits per heavy atom. The van der Waals surface area contributed by atoms with E-state index in [0.29, 0.717) is 6.61 Å². The Morgan fingerprint density at radius 2 is 2.50 bits per heavy atom. The monoisotopic (exact) mass is 115 g/mol. The second-order valence-electron chi connectivity index (χ2n) is 1.27. The third-order valence-corrected chi connectivity index (χ3v) is 0.664. The van der Waals surface area contributed by atoms with Crippen molar-refractivity contribution >= 4 is 0 Å². The molecule has 8 heavy (non-hydrogen) atoms. The van der Waals surface area contributed by atoms with E-state index < -0.39 is 0 Å². The Balaban J connectivity index is 2.82. The lowest BCUT2D eigenvalue weighted by Crippen LogP contribution is -1.81. The van der Waals surface area contributed by atoms with Crippen molar-refractivity contribution in [3.8, 4) is 0 Å². The van der Waals surface area contributed by atoms with E-state index in [2.05, 4.69) is 10.2 Å². The SMILES string of the molecule is CC=CCCON=O. The summed E-state index contributed by atoms with van der Waals surface area (Å²) in [6, 6.07) is 0. The molecule has 0 bridgehead atoms. The maximum Gasteiger partial charge on any atom is 0.155 e. The summed E-state index contributed by atoms with van der Waals surface area (Å²) in [6.45, 7) is 2.29. The summed E-state index contributed by atoms with van der Waals surface area (Å²) in [6.07, 6.45) is 4.56. The molecule has 3 nitrogen and oxygen atoms in total. The Bertz CT molecular complexity index is 80.5. The van der Waals surface area contributed by atoms with Gasteiger partial charge in [0.2, 0.25) is 0 Å². The first-order chi connectivity index (χ1) is 3.91. The zero-order valence-electron chi connectivity index (χ0n) is 4.83. The van der Waals surface area contributed by atoms with Gasteiger partial charge in [-0.05, 0) is 6.92 Å². The summed E-state index contributed by atoms with van der Waals surface area (Å²) < 4.78 is 0. The highest BCUT2D eigenvalue weighted by Gasteiger charge is 1.77. The second-order valence-corrected chi connectivity index (χ2v) is 1.27. The van der Waals surface area contributed by atoms with Gasteiger partial charge < -0.3 is 4.84 Å². The van der Waals surface area contributed by atoms with Gasteiger partial charge in [-0.15, -0.1) is 4.91 Å². The Labute approximate surface area is 48.3 Å². The first kappa shape index (κ1) is 7.14. The molecule has 0 saturated carbocycles. The molecule has 0 aromatic carbocycles. The van der Waals surface area contributed by atoms with Crippen LogP contribution < -0.4 is 0 Å². The molecule has 0 aliphatic heterocycles. The van der Waals surface area contributed by atoms with Crippen LogP contribution in [-0.2, 0) is 4.84 Å². The van der Waals surface area contributed by atoms with Gasteiger partial charge in [0, 0.05) is 6.42 Å². The van der Waals surface area contributed by atoms with Gasteiger partial charge in [0.05, 0.1) is 0 Å². The zero-order chi connectivity index (χ0) is 6.24. The fraction of sp³-hybridized carbons (Fsp3) is 0.600. The van der Waals surface area contributed by atoms with Crippen molar-refractivity contribution in [2.45, 2.75) is 13.3 Å². The molecule has 0 unspecified atom stereocenters. The highest BCUT2D eigenvalue weighted by Crippen LogP contribution is 1.83. The van der Waals surface area contributed by atoms with Crippen LogP contribution in [0.15, 0.2) is 17.5 Å². The first-order valence-electron chi connectivity index (χ1n) is 2.47. The van der Waals surface area contributed by atoms with Gasteiger partial charge in [0.25, 0.3) is 0 Å². The van der Waals surface area contributed by atoms with E-state index in [9.17, 15) is 4.91 Å². The van der Waals surface area contributed by atoms with Crippen LogP contribution in [0.2, 0.25) is 0 Å². The van der Waals surface area contributed by atoms with E-state index in [1.54, 1.807) is 0 Å². The number of hydrogen-bond acceptors (Lipinski definition) is 3. The largest absolute Gasteiger partial charge is 0.364 e. The Morgan fingerprint density at radius 1 is 1.75 bits per heavy atom. The van der Waals surface area contributed by atoms with E-state index in [0.717, 1.165) is 6.42 Å². The van der Waals surface area contributed by atoms with E-state index >= 15 is 0 Å². The highest BCUT2D eigenvalue weighted by molar-refractivity contribution is 4.75. The third-order valence-electron chi connectivity index (χ3n) is 0.664. The maximum absolute atomic E-state index is 9.27. The molecule has 0 aliphatic rings. The molecule has 0 fully saturated rings. The molecule has 0 heterocycles. The molecule has 0 aliphatic carbocycles. The molecular formula is C5H9NO2. The topological polar surface area (TPSA) is 38.7 Å². The van der Waals surface area contributed by atoms with Crippen molar-refractivity contribution in [2.75, 3.05) is 6.61 Å². The van der Waals surface area contributed by atoms with Crippen molar-refractivity contribution in [3.05, 3.63) is 17.1 Å². The van der Waals surface area contributed by atoms with Gasteiger partial charge >= 0.3 is 0 Å². The van der Waals surface area contributed by atoms with Crippen molar-refractivity contribution in [1.82, 2.24) is 0 Å². The molecule has 0 N–H and O–H groups in total. The van der Waals surface area contributed by atoms with Crippen LogP contribution >= 0.6 is 0 Å². The zero-order valence-corrected chi connectivity index (χ0v) is 4.83. The van der Waals surface area contributed by atoms with Gasteiger partial charge in [-0.25, -0.2) is 0 Å². The minimum Gasteiger partial charge on any atom is -0.364 e. The van der Waals surface area contributed by atoms with Gasteiger partial charge in [0.1, 0.15) is 6.61 Å². The average molecular weight is 115 g/mol. The molecule has 0 aromatic heterocycles. The van der Waals surface area contributed by atoms with Crippen LogP contribution in [0.4, 0.5) is 0 Å². The molecule has 3 heteroatoms. The summed E-state index contributed by atoms with van der Waals surface area (Å²) >= 11 is 0. The number of allylic oxidation sites excluding steroid dienone is 1. The van der Waals surface area contributed by atoms with Crippen molar-refractivity contribution < 1.29 is 4.84 Å². The van der Waals surface area contributed by atoms with E-state index in [1.165, 1.54) is 0 Å². The van der Waals surface area contributed by atoms with Gasteiger partial charge in [-0.3, -0.25) is 0 Å². The predicted octanol–water partition coefficient (Wildman–Crippen LogP) is 1.65. The van der Waals surface area contributed by atoms with Gasteiger partial charge in [0.15, 0.2) is 5.34 Å². The molecule has 0 rings (SSSR count). The highest BCUT2D eigenvalue weighted by atomic mass is 16.7. The number of hydrogen-bond donors (Lipinski definition) is 0. The normalized spacial score (nSPS) is 9.62.